The number of carboxylic acid groups (broad SMARTS) is 1. The van der Waals surface area contributed by atoms with Crippen LogP contribution >= 0.6 is 0 Å². The number of carbonyl (C=O) groups is 1. The molecular weight excluding hydrogens is 156 g/mol. The highest BCUT2D eigenvalue weighted by Crippen LogP contribution is 2.10. The van der Waals surface area contributed by atoms with E-state index in [1.807, 2.05) is 12.2 Å². The summed E-state index contributed by atoms with van der Waals surface area (Å²) in [7, 11) is 0. The van der Waals surface area contributed by atoms with Gasteiger partial charge in [-0.1, -0.05) is 0 Å². The van der Waals surface area contributed by atoms with E-state index in [4.69, 9.17) is 9.84 Å². The predicted molar refractivity (Wildman–Crippen MR) is 44.3 cm³/mol. The van der Waals surface area contributed by atoms with Crippen molar-refractivity contribution < 1.29 is 14.6 Å². The first-order valence-electron chi connectivity index (χ1n) is 3.63. The molecular formula is C9H10O3. The van der Waals surface area contributed by atoms with E-state index in [0.717, 1.165) is 6.42 Å². The van der Waals surface area contributed by atoms with Crippen LogP contribution in [0, 0.1) is 0 Å². The Hall–Kier alpha value is -1.51. The second-order valence-electron chi connectivity index (χ2n) is 2.46. The van der Waals surface area contributed by atoms with E-state index in [0.29, 0.717) is 5.76 Å². The first-order valence-corrected chi connectivity index (χ1v) is 3.63. The fourth-order valence-corrected chi connectivity index (χ4v) is 0.783. The monoisotopic (exact) mass is 166 g/mol. The summed E-state index contributed by atoms with van der Waals surface area (Å²) in [5.41, 5.74) is 0.275. The van der Waals surface area contributed by atoms with Crippen LogP contribution in [-0.4, -0.2) is 11.1 Å². The molecule has 1 N–H and O–H groups in total. The van der Waals surface area contributed by atoms with Gasteiger partial charge in [0.05, 0.1) is 6.26 Å². The summed E-state index contributed by atoms with van der Waals surface area (Å²) in [5.74, 6) is -0.327. The highest BCUT2D eigenvalue weighted by molar-refractivity contribution is 5.86. The van der Waals surface area contributed by atoms with E-state index in [1.54, 1.807) is 6.26 Å². The van der Waals surface area contributed by atoms with Gasteiger partial charge < -0.3 is 9.84 Å². The molecule has 0 spiro atoms. The molecule has 0 aromatic carbocycles. The maximum atomic E-state index is 10.4. The molecule has 1 aliphatic heterocycles. The van der Waals surface area contributed by atoms with Crippen molar-refractivity contribution in [3.8, 4) is 0 Å². The molecule has 0 radical (unpaired) electrons. The summed E-state index contributed by atoms with van der Waals surface area (Å²) < 4.78 is 5.04. The molecule has 0 bridgehead atoms. The van der Waals surface area contributed by atoms with Crippen molar-refractivity contribution in [1.29, 1.82) is 0 Å². The fraction of sp³-hybridized carbons (Fsp3) is 0.222. The van der Waals surface area contributed by atoms with E-state index < -0.39 is 5.97 Å². The van der Waals surface area contributed by atoms with Gasteiger partial charge in [0.1, 0.15) is 5.76 Å². The van der Waals surface area contributed by atoms with Gasteiger partial charge in [0.15, 0.2) is 0 Å². The summed E-state index contributed by atoms with van der Waals surface area (Å²) in [6.45, 7) is 1.53. The second kappa shape index (κ2) is 3.76. The number of allylic oxidation sites excluding steroid dienone is 3. The molecule has 0 fully saturated rings. The molecule has 0 amide bonds. The second-order valence-corrected chi connectivity index (χ2v) is 2.46. The summed E-state index contributed by atoms with van der Waals surface area (Å²) in [4.78, 5) is 10.4. The minimum absolute atomic E-state index is 0.275. The van der Waals surface area contributed by atoms with E-state index in [9.17, 15) is 4.79 Å². The first-order chi connectivity index (χ1) is 5.70. The molecule has 0 aromatic rings. The molecule has 1 rings (SSSR count). The molecule has 0 saturated carbocycles. The van der Waals surface area contributed by atoms with E-state index in [1.165, 1.54) is 13.0 Å². The zero-order valence-electron chi connectivity index (χ0n) is 6.78. The highest BCUT2D eigenvalue weighted by atomic mass is 16.5. The SMILES string of the molecule is CC(=CC1=CCC=CO1)C(=O)O. The van der Waals surface area contributed by atoms with Crippen molar-refractivity contribution in [2.75, 3.05) is 0 Å². The molecule has 0 aromatic heterocycles. The Morgan fingerprint density at radius 2 is 2.50 bits per heavy atom. The van der Waals surface area contributed by atoms with Crippen LogP contribution < -0.4 is 0 Å². The van der Waals surface area contributed by atoms with Gasteiger partial charge in [0.2, 0.25) is 0 Å². The van der Waals surface area contributed by atoms with Gasteiger partial charge in [0, 0.05) is 5.57 Å². The number of hydrogen-bond donors (Lipinski definition) is 1. The number of aliphatic carboxylic acids is 1. The Kier molecular flexibility index (Phi) is 2.69. The smallest absolute Gasteiger partial charge is 0.331 e. The third-order valence-corrected chi connectivity index (χ3v) is 1.45. The third-order valence-electron chi connectivity index (χ3n) is 1.45. The largest absolute Gasteiger partial charge is 0.478 e. The van der Waals surface area contributed by atoms with E-state index in [2.05, 4.69) is 0 Å². The minimum atomic E-state index is -0.922. The average Bonchev–Trinajstić information content (AvgIpc) is 2.06. The topological polar surface area (TPSA) is 46.5 Å². The van der Waals surface area contributed by atoms with Gasteiger partial charge in [-0.3, -0.25) is 0 Å². The number of carboxylic acids is 1. The summed E-state index contributed by atoms with van der Waals surface area (Å²) in [5, 5.41) is 8.54. The number of ether oxygens (including phenoxy) is 1. The highest BCUT2D eigenvalue weighted by Gasteiger charge is 2.02. The van der Waals surface area contributed by atoms with Crippen molar-refractivity contribution in [2.45, 2.75) is 13.3 Å². The molecule has 0 atom stereocenters. The van der Waals surface area contributed by atoms with Crippen LogP contribution in [0.25, 0.3) is 0 Å². The van der Waals surface area contributed by atoms with Gasteiger partial charge in [-0.15, -0.1) is 0 Å². The van der Waals surface area contributed by atoms with E-state index >= 15 is 0 Å². The molecule has 64 valence electrons. The van der Waals surface area contributed by atoms with Gasteiger partial charge >= 0.3 is 5.97 Å². The maximum absolute atomic E-state index is 10.4. The summed E-state index contributed by atoms with van der Waals surface area (Å²) >= 11 is 0. The normalized spacial score (nSPS) is 16.8. The quantitative estimate of drug-likeness (QED) is 0.636. The predicted octanol–water partition coefficient (Wildman–Crippen LogP) is 1.84. The van der Waals surface area contributed by atoms with Crippen molar-refractivity contribution in [3.05, 3.63) is 35.8 Å². The van der Waals surface area contributed by atoms with Crippen LogP contribution in [0.15, 0.2) is 35.8 Å². The van der Waals surface area contributed by atoms with Gasteiger partial charge in [-0.25, -0.2) is 4.79 Å². The zero-order valence-corrected chi connectivity index (χ0v) is 6.78. The van der Waals surface area contributed by atoms with Crippen LogP contribution in [0.1, 0.15) is 13.3 Å². The van der Waals surface area contributed by atoms with Gasteiger partial charge in [-0.05, 0) is 31.6 Å². The van der Waals surface area contributed by atoms with Crippen LogP contribution in [0.3, 0.4) is 0 Å². The Labute approximate surface area is 70.7 Å². The van der Waals surface area contributed by atoms with Crippen molar-refractivity contribution >= 4 is 5.97 Å². The Morgan fingerprint density at radius 1 is 1.75 bits per heavy atom. The lowest BCUT2D eigenvalue weighted by Crippen LogP contribution is -1.97. The number of hydrogen-bond acceptors (Lipinski definition) is 2. The Bertz CT molecular complexity index is 271. The lowest BCUT2D eigenvalue weighted by molar-refractivity contribution is -0.132. The Morgan fingerprint density at radius 3 is 3.00 bits per heavy atom. The summed E-state index contributed by atoms with van der Waals surface area (Å²) in [6.07, 6.45) is 7.53. The van der Waals surface area contributed by atoms with Crippen LogP contribution in [0.2, 0.25) is 0 Å². The maximum Gasteiger partial charge on any atom is 0.331 e. The lowest BCUT2D eigenvalue weighted by Gasteiger charge is -2.05. The molecule has 1 aliphatic rings. The standard InChI is InChI=1S/C9H10O3/c1-7(9(10)11)6-8-4-2-3-5-12-8/h3-6H,2H2,1H3,(H,10,11). The van der Waals surface area contributed by atoms with Crippen molar-refractivity contribution in [2.24, 2.45) is 0 Å². The lowest BCUT2D eigenvalue weighted by atomic mass is 10.2. The molecule has 0 unspecified atom stereocenters. The van der Waals surface area contributed by atoms with Crippen LogP contribution in [0.4, 0.5) is 0 Å². The Balaban J connectivity index is 2.66. The van der Waals surface area contributed by atoms with Crippen molar-refractivity contribution in [3.63, 3.8) is 0 Å². The van der Waals surface area contributed by atoms with Crippen molar-refractivity contribution in [1.82, 2.24) is 0 Å². The fourth-order valence-electron chi connectivity index (χ4n) is 0.783. The van der Waals surface area contributed by atoms with Gasteiger partial charge in [0.25, 0.3) is 0 Å². The summed E-state index contributed by atoms with van der Waals surface area (Å²) in [6, 6.07) is 0. The van der Waals surface area contributed by atoms with Gasteiger partial charge in [-0.2, -0.15) is 0 Å². The minimum Gasteiger partial charge on any atom is -0.478 e. The number of rotatable bonds is 2. The molecule has 3 heteroatoms. The first kappa shape index (κ1) is 8.59. The zero-order chi connectivity index (χ0) is 8.97. The molecule has 0 aliphatic carbocycles. The molecule has 3 nitrogen and oxygen atoms in total. The molecule has 0 saturated heterocycles. The average molecular weight is 166 g/mol. The molecule has 12 heavy (non-hydrogen) atoms. The van der Waals surface area contributed by atoms with Crippen LogP contribution in [0.5, 0.6) is 0 Å². The third kappa shape index (κ3) is 2.27. The van der Waals surface area contributed by atoms with E-state index in [-0.39, 0.29) is 5.57 Å². The molecule has 1 heterocycles. The van der Waals surface area contributed by atoms with Crippen LogP contribution in [-0.2, 0) is 9.53 Å².